The Morgan fingerprint density at radius 1 is 1.33 bits per heavy atom. The Labute approximate surface area is 123 Å². The minimum absolute atomic E-state index is 0.164. The molecular weight excluding hydrogens is 266 g/mol. The van der Waals surface area contributed by atoms with E-state index in [4.69, 9.17) is 0 Å². The van der Waals surface area contributed by atoms with Crippen LogP contribution in [0.2, 0.25) is 0 Å². The highest BCUT2D eigenvalue weighted by atomic mass is 16.2. The second-order valence-corrected chi connectivity index (χ2v) is 5.94. The molecule has 1 aromatic carbocycles. The largest absolute Gasteiger partial charge is 0.331 e. The van der Waals surface area contributed by atoms with Crippen LogP contribution in [-0.4, -0.2) is 22.2 Å². The molecule has 0 amide bonds. The topological polar surface area (TPSA) is 56.0 Å². The molecule has 21 heavy (non-hydrogen) atoms. The fourth-order valence-corrected chi connectivity index (χ4v) is 3.28. The first-order chi connectivity index (χ1) is 10.1. The lowest BCUT2D eigenvalue weighted by Crippen LogP contribution is -2.43. The summed E-state index contributed by atoms with van der Waals surface area (Å²) in [6.45, 7) is 4.33. The summed E-state index contributed by atoms with van der Waals surface area (Å²) in [5.74, 6) is 0.353. The van der Waals surface area contributed by atoms with Crippen LogP contribution in [-0.2, 0) is 13.6 Å². The van der Waals surface area contributed by atoms with Crippen LogP contribution in [0.4, 0.5) is 0 Å². The molecule has 1 atom stereocenters. The number of rotatable bonds is 2. The Hall–Kier alpha value is -1.88. The zero-order valence-corrected chi connectivity index (χ0v) is 12.6. The van der Waals surface area contributed by atoms with Gasteiger partial charge >= 0.3 is 5.69 Å². The van der Waals surface area contributed by atoms with E-state index in [-0.39, 0.29) is 11.2 Å². The van der Waals surface area contributed by atoms with Crippen LogP contribution >= 0.6 is 0 Å². The smallest absolute Gasteiger partial charge is 0.316 e. The highest BCUT2D eigenvalue weighted by Gasteiger charge is 2.18. The Morgan fingerprint density at radius 3 is 2.86 bits per heavy atom. The number of hydrogen-bond donors (Lipinski definition) is 1. The number of aromatic nitrogens is 2. The minimum atomic E-state index is -0.215. The molecular formula is C16H21N3O2. The molecule has 0 saturated carbocycles. The molecule has 112 valence electrons. The lowest BCUT2D eigenvalue weighted by atomic mass is 9.99. The van der Waals surface area contributed by atoms with Gasteiger partial charge in [-0.25, -0.2) is 4.79 Å². The molecule has 0 spiro atoms. The first-order valence-electron chi connectivity index (χ1n) is 7.49. The molecule has 1 aliphatic heterocycles. The predicted molar refractivity (Wildman–Crippen MR) is 83.8 cm³/mol. The molecule has 5 heteroatoms. The van der Waals surface area contributed by atoms with Gasteiger partial charge in [0.15, 0.2) is 0 Å². The normalized spacial score (nSPS) is 19.0. The van der Waals surface area contributed by atoms with Crippen molar-refractivity contribution in [3.8, 4) is 0 Å². The van der Waals surface area contributed by atoms with Gasteiger partial charge < -0.3 is 5.32 Å². The van der Waals surface area contributed by atoms with E-state index in [1.807, 2.05) is 19.1 Å². The van der Waals surface area contributed by atoms with Crippen molar-refractivity contribution < 1.29 is 0 Å². The highest BCUT2D eigenvalue weighted by molar-refractivity contribution is 5.81. The average Bonchev–Trinajstić information content (AvgIpc) is 2.50. The maximum atomic E-state index is 12.7. The monoisotopic (exact) mass is 287 g/mol. The van der Waals surface area contributed by atoms with Crippen LogP contribution in [0.3, 0.4) is 0 Å². The Kier molecular flexibility index (Phi) is 3.68. The van der Waals surface area contributed by atoms with Gasteiger partial charge in [-0.3, -0.25) is 13.9 Å². The summed E-state index contributed by atoms with van der Waals surface area (Å²) in [7, 11) is 1.74. The van der Waals surface area contributed by atoms with E-state index in [0.29, 0.717) is 17.8 Å². The van der Waals surface area contributed by atoms with Gasteiger partial charge in [-0.15, -0.1) is 0 Å². The molecule has 1 unspecified atom stereocenters. The van der Waals surface area contributed by atoms with E-state index in [0.717, 1.165) is 37.0 Å². The van der Waals surface area contributed by atoms with E-state index in [9.17, 15) is 9.59 Å². The van der Waals surface area contributed by atoms with Gasteiger partial charge in [-0.1, -0.05) is 12.1 Å². The molecule has 1 fully saturated rings. The van der Waals surface area contributed by atoms with Crippen LogP contribution in [0.5, 0.6) is 0 Å². The summed E-state index contributed by atoms with van der Waals surface area (Å²) in [5, 5.41) is 3.96. The molecule has 1 aliphatic rings. The fourth-order valence-electron chi connectivity index (χ4n) is 3.28. The first-order valence-corrected chi connectivity index (χ1v) is 7.49. The van der Waals surface area contributed by atoms with E-state index < -0.39 is 0 Å². The number of aryl methyl sites for hydroxylation is 2. The summed E-state index contributed by atoms with van der Waals surface area (Å²) in [6.07, 6.45) is 2.17. The van der Waals surface area contributed by atoms with Gasteiger partial charge in [0.25, 0.3) is 5.56 Å². The maximum Gasteiger partial charge on any atom is 0.331 e. The molecule has 3 rings (SSSR count). The SMILES string of the molecule is Cc1cccc2c(=O)n(CC3CCCNC3)c(=O)n(C)c12. The van der Waals surface area contributed by atoms with Crippen molar-refractivity contribution in [2.24, 2.45) is 13.0 Å². The summed E-state index contributed by atoms with van der Waals surface area (Å²) in [4.78, 5) is 25.2. The molecule has 2 aromatic rings. The number of hydrogen-bond acceptors (Lipinski definition) is 3. The van der Waals surface area contributed by atoms with Crippen LogP contribution in [0.15, 0.2) is 27.8 Å². The van der Waals surface area contributed by atoms with Crippen LogP contribution in [0.25, 0.3) is 10.9 Å². The number of nitrogens with one attached hydrogen (secondary N) is 1. The van der Waals surface area contributed by atoms with Crippen molar-refractivity contribution >= 4 is 10.9 Å². The first kappa shape index (κ1) is 14.1. The molecule has 0 radical (unpaired) electrons. The van der Waals surface area contributed by atoms with E-state index in [1.165, 1.54) is 4.57 Å². The Bertz CT molecular complexity index is 782. The Balaban J connectivity index is 2.15. The van der Waals surface area contributed by atoms with Gasteiger partial charge in [-0.2, -0.15) is 0 Å². The number of benzene rings is 1. The lowest BCUT2D eigenvalue weighted by Gasteiger charge is -2.23. The van der Waals surface area contributed by atoms with Crippen LogP contribution < -0.4 is 16.6 Å². The molecule has 0 aliphatic carbocycles. The van der Waals surface area contributed by atoms with Crippen molar-refractivity contribution in [3.63, 3.8) is 0 Å². The van der Waals surface area contributed by atoms with Crippen molar-refractivity contribution in [2.45, 2.75) is 26.3 Å². The molecule has 5 nitrogen and oxygen atoms in total. The van der Waals surface area contributed by atoms with E-state index >= 15 is 0 Å². The van der Waals surface area contributed by atoms with Gasteiger partial charge in [-0.05, 0) is 50.4 Å². The minimum Gasteiger partial charge on any atom is -0.316 e. The second-order valence-electron chi connectivity index (χ2n) is 5.94. The summed E-state index contributed by atoms with van der Waals surface area (Å²) >= 11 is 0. The maximum absolute atomic E-state index is 12.7. The van der Waals surface area contributed by atoms with Crippen molar-refractivity contribution in [3.05, 3.63) is 44.6 Å². The van der Waals surface area contributed by atoms with E-state index in [1.54, 1.807) is 17.7 Å². The number of fused-ring (bicyclic) bond motifs is 1. The van der Waals surface area contributed by atoms with Gasteiger partial charge in [0.1, 0.15) is 0 Å². The average molecular weight is 287 g/mol. The zero-order chi connectivity index (χ0) is 15.0. The Morgan fingerprint density at radius 2 is 2.14 bits per heavy atom. The molecule has 1 N–H and O–H groups in total. The van der Waals surface area contributed by atoms with Crippen molar-refractivity contribution in [2.75, 3.05) is 13.1 Å². The van der Waals surface area contributed by atoms with Gasteiger partial charge in [0, 0.05) is 13.6 Å². The second kappa shape index (κ2) is 5.48. The number of para-hydroxylation sites is 1. The number of nitrogens with zero attached hydrogens (tertiary/aromatic N) is 2. The quantitative estimate of drug-likeness (QED) is 0.897. The molecule has 0 bridgehead atoms. The van der Waals surface area contributed by atoms with E-state index in [2.05, 4.69) is 5.32 Å². The summed E-state index contributed by atoms with van der Waals surface area (Å²) < 4.78 is 3.00. The third-order valence-electron chi connectivity index (χ3n) is 4.41. The van der Waals surface area contributed by atoms with Gasteiger partial charge in [0.2, 0.25) is 0 Å². The molecule has 1 aromatic heterocycles. The standard InChI is InChI=1S/C16H21N3O2/c1-11-5-3-7-13-14(11)18(2)16(21)19(15(13)20)10-12-6-4-8-17-9-12/h3,5,7,12,17H,4,6,8-10H2,1-2H3. The summed E-state index contributed by atoms with van der Waals surface area (Å²) in [6, 6.07) is 5.60. The number of piperidine rings is 1. The third-order valence-corrected chi connectivity index (χ3v) is 4.41. The van der Waals surface area contributed by atoms with Crippen molar-refractivity contribution in [1.29, 1.82) is 0 Å². The zero-order valence-electron chi connectivity index (χ0n) is 12.6. The van der Waals surface area contributed by atoms with Crippen molar-refractivity contribution in [1.82, 2.24) is 14.5 Å². The van der Waals surface area contributed by atoms with Crippen LogP contribution in [0, 0.1) is 12.8 Å². The molecule has 1 saturated heterocycles. The predicted octanol–water partition coefficient (Wildman–Crippen LogP) is 1.01. The molecule has 2 heterocycles. The highest BCUT2D eigenvalue weighted by Crippen LogP contribution is 2.14. The lowest BCUT2D eigenvalue weighted by molar-refractivity contribution is 0.327. The van der Waals surface area contributed by atoms with Gasteiger partial charge in [0.05, 0.1) is 10.9 Å². The fraction of sp³-hybridized carbons (Fsp3) is 0.500. The van der Waals surface area contributed by atoms with Crippen LogP contribution in [0.1, 0.15) is 18.4 Å². The summed E-state index contributed by atoms with van der Waals surface area (Å²) in [5.41, 5.74) is 1.32. The third kappa shape index (κ3) is 2.42.